The molecular formula is C14H23ClN2OS. The molecule has 19 heavy (non-hydrogen) atoms. The molecule has 0 amide bonds. The van der Waals surface area contributed by atoms with Crippen molar-refractivity contribution in [3.05, 3.63) is 21.3 Å². The summed E-state index contributed by atoms with van der Waals surface area (Å²) in [6.45, 7) is 9.27. The number of halogens is 1. The van der Waals surface area contributed by atoms with Crippen molar-refractivity contribution in [1.29, 1.82) is 0 Å². The fourth-order valence-electron chi connectivity index (χ4n) is 2.59. The average Bonchev–Trinajstić information content (AvgIpc) is 2.83. The van der Waals surface area contributed by atoms with E-state index >= 15 is 0 Å². The van der Waals surface area contributed by atoms with Crippen LogP contribution >= 0.6 is 22.9 Å². The van der Waals surface area contributed by atoms with Crippen molar-refractivity contribution in [2.75, 3.05) is 32.8 Å². The van der Waals surface area contributed by atoms with Crippen LogP contribution in [0.2, 0.25) is 5.02 Å². The number of morpholine rings is 1. The van der Waals surface area contributed by atoms with Gasteiger partial charge in [-0.15, -0.1) is 11.3 Å². The molecule has 0 radical (unpaired) electrons. The Morgan fingerprint density at radius 3 is 3.05 bits per heavy atom. The minimum Gasteiger partial charge on any atom is -0.374 e. The van der Waals surface area contributed by atoms with E-state index in [9.17, 15) is 0 Å². The second kappa shape index (κ2) is 7.60. The Labute approximate surface area is 124 Å². The topological polar surface area (TPSA) is 24.5 Å². The van der Waals surface area contributed by atoms with Crippen LogP contribution in [0, 0.1) is 0 Å². The van der Waals surface area contributed by atoms with Crippen LogP contribution in [-0.4, -0.2) is 43.8 Å². The van der Waals surface area contributed by atoms with Crippen LogP contribution in [0.4, 0.5) is 0 Å². The lowest BCUT2D eigenvalue weighted by molar-refractivity contribution is -0.0462. The van der Waals surface area contributed by atoms with Crippen LogP contribution in [0.3, 0.4) is 0 Å². The molecule has 1 aromatic heterocycles. The Morgan fingerprint density at radius 2 is 2.42 bits per heavy atom. The van der Waals surface area contributed by atoms with Gasteiger partial charge in [0.25, 0.3) is 0 Å². The predicted octanol–water partition coefficient (Wildman–Crippen LogP) is 3.16. The third-order valence-electron chi connectivity index (χ3n) is 3.44. The highest BCUT2D eigenvalue weighted by molar-refractivity contribution is 7.10. The molecule has 1 fully saturated rings. The smallest absolute Gasteiger partial charge is 0.0905 e. The van der Waals surface area contributed by atoms with E-state index in [0.717, 1.165) is 37.8 Å². The quantitative estimate of drug-likeness (QED) is 0.873. The van der Waals surface area contributed by atoms with E-state index < -0.39 is 0 Å². The van der Waals surface area contributed by atoms with Gasteiger partial charge in [0, 0.05) is 18.0 Å². The van der Waals surface area contributed by atoms with Gasteiger partial charge < -0.3 is 10.1 Å². The fraction of sp³-hybridized carbons (Fsp3) is 0.714. The van der Waals surface area contributed by atoms with Crippen LogP contribution in [-0.2, 0) is 4.74 Å². The van der Waals surface area contributed by atoms with Crippen molar-refractivity contribution in [2.24, 2.45) is 0 Å². The Hall–Kier alpha value is -0.130. The maximum atomic E-state index is 6.29. The van der Waals surface area contributed by atoms with Gasteiger partial charge in [0.05, 0.1) is 23.8 Å². The maximum Gasteiger partial charge on any atom is 0.0905 e. The van der Waals surface area contributed by atoms with Gasteiger partial charge in [-0.05, 0) is 31.0 Å². The molecule has 2 heterocycles. The molecule has 5 heteroatoms. The first kappa shape index (κ1) is 15.3. The summed E-state index contributed by atoms with van der Waals surface area (Å²) in [4.78, 5) is 3.69. The third kappa shape index (κ3) is 3.92. The van der Waals surface area contributed by atoms with Gasteiger partial charge in [-0.2, -0.15) is 0 Å². The van der Waals surface area contributed by atoms with Crippen molar-refractivity contribution in [1.82, 2.24) is 10.2 Å². The van der Waals surface area contributed by atoms with Crippen LogP contribution < -0.4 is 5.32 Å². The van der Waals surface area contributed by atoms with Crippen LogP contribution in [0.1, 0.15) is 31.2 Å². The molecule has 2 atom stereocenters. The molecule has 3 nitrogen and oxygen atoms in total. The summed E-state index contributed by atoms with van der Waals surface area (Å²) in [6.07, 6.45) is 1.38. The summed E-state index contributed by atoms with van der Waals surface area (Å²) in [5.41, 5.74) is 0. The zero-order valence-corrected chi connectivity index (χ0v) is 13.3. The molecule has 0 bridgehead atoms. The molecule has 0 aliphatic carbocycles. The van der Waals surface area contributed by atoms with Crippen molar-refractivity contribution in [3.8, 4) is 0 Å². The number of ether oxygens (including phenoxy) is 1. The zero-order valence-electron chi connectivity index (χ0n) is 11.7. The standard InChI is InChI=1S/C14H23ClN2OS/c1-3-6-17-7-8-18-12(10-17)13(16-4-2)14-11(15)5-9-19-14/h5,9,12-13,16H,3-4,6-8,10H2,1-2H3. The van der Waals surface area contributed by atoms with E-state index in [1.807, 2.05) is 6.07 Å². The molecule has 2 rings (SSSR count). The van der Waals surface area contributed by atoms with Crippen molar-refractivity contribution in [2.45, 2.75) is 32.4 Å². The summed E-state index contributed by atoms with van der Waals surface area (Å²) in [5, 5.41) is 6.44. The van der Waals surface area contributed by atoms with Crippen molar-refractivity contribution >= 4 is 22.9 Å². The lowest BCUT2D eigenvalue weighted by Crippen LogP contribution is -2.48. The molecule has 0 spiro atoms. The Kier molecular flexibility index (Phi) is 6.10. The number of rotatable bonds is 6. The highest BCUT2D eigenvalue weighted by Crippen LogP contribution is 2.32. The minimum absolute atomic E-state index is 0.191. The minimum atomic E-state index is 0.191. The molecule has 2 unspecified atom stereocenters. The third-order valence-corrected chi connectivity index (χ3v) is 4.88. The number of nitrogens with one attached hydrogen (secondary N) is 1. The number of thiophene rings is 1. The summed E-state index contributed by atoms with van der Waals surface area (Å²) < 4.78 is 5.99. The van der Waals surface area contributed by atoms with E-state index in [0.29, 0.717) is 0 Å². The van der Waals surface area contributed by atoms with Gasteiger partial charge >= 0.3 is 0 Å². The lowest BCUT2D eigenvalue weighted by Gasteiger charge is -2.37. The van der Waals surface area contributed by atoms with Crippen LogP contribution in [0.15, 0.2) is 11.4 Å². The van der Waals surface area contributed by atoms with Gasteiger partial charge in [0.2, 0.25) is 0 Å². The van der Waals surface area contributed by atoms with Crippen molar-refractivity contribution in [3.63, 3.8) is 0 Å². The van der Waals surface area contributed by atoms with Gasteiger partial charge in [-0.3, -0.25) is 4.90 Å². The molecule has 1 aromatic rings. The van der Waals surface area contributed by atoms with Gasteiger partial charge in [0.15, 0.2) is 0 Å². The highest BCUT2D eigenvalue weighted by Gasteiger charge is 2.30. The molecule has 108 valence electrons. The number of hydrogen-bond acceptors (Lipinski definition) is 4. The first-order valence-electron chi connectivity index (χ1n) is 7.06. The summed E-state index contributed by atoms with van der Waals surface area (Å²) >= 11 is 8.00. The van der Waals surface area contributed by atoms with Crippen LogP contribution in [0.25, 0.3) is 0 Å². The first-order chi connectivity index (χ1) is 9.26. The molecule has 1 N–H and O–H groups in total. The molecule has 1 saturated heterocycles. The SMILES string of the molecule is CCCN1CCOC(C(NCC)c2sccc2Cl)C1. The van der Waals surface area contributed by atoms with E-state index in [2.05, 4.69) is 29.4 Å². The molecule has 1 aliphatic heterocycles. The highest BCUT2D eigenvalue weighted by atomic mass is 35.5. The molecule has 1 aliphatic rings. The molecule has 0 saturated carbocycles. The summed E-state index contributed by atoms with van der Waals surface area (Å²) in [6, 6.07) is 2.18. The van der Waals surface area contributed by atoms with E-state index in [1.54, 1.807) is 11.3 Å². The van der Waals surface area contributed by atoms with Crippen molar-refractivity contribution < 1.29 is 4.74 Å². The molecule has 0 aromatic carbocycles. The van der Waals surface area contributed by atoms with Gasteiger partial charge in [-0.1, -0.05) is 25.4 Å². The second-order valence-electron chi connectivity index (χ2n) is 4.88. The van der Waals surface area contributed by atoms with Gasteiger partial charge in [0.1, 0.15) is 0 Å². The lowest BCUT2D eigenvalue weighted by atomic mass is 10.1. The maximum absolute atomic E-state index is 6.29. The molecular weight excluding hydrogens is 280 g/mol. The largest absolute Gasteiger partial charge is 0.374 e. The van der Waals surface area contributed by atoms with E-state index in [4.69, 9.17) is 16.3 Å². The number of likely N-dealkylation sites (N-methyl/N-ethyl adjacent to an activating group) is 1. The second-order valence-corrected chi connectivity index (χ2v) is 6.23. The van der Waals surface area contributed by atoms with Crippen LogP contribution in [0.5, 0.6) is 0 Å². The summed E-state index contributed by atoms with van der Waals surface area (Å²) in [7, 11) is 0. The normalized spacial score (nSPS) is 22.6. The van der Waals surface area contributed by atoms with Gasteiger partial charge in [-0.25, -0.2) is 0 Å². The van der Waals surface area contributed by atoms with E-state index in [-0.39, 0.29) is 12.1 Å². The fourth-order valence-corrected chi connectivity index (χ4v) is 3.89. The Balaban J connectivity index is 2.08. The first-order valence-corrected chi connectivity index (χ1v) is 8.32. The predicted molar refractivity (Wildman–Crippen MR) is 82.2 cm³/mol. The number of nitrogens with zero attached hydrogens (tertiary/aromatic N) is 1. The zero-order chi connectivity index (χ0) is 13.7. The van der Waals surface area contributed by atoms with E-state index in [1.165, 1.54) is 11.3 Å². The Bertz CT molecular complexity index is 383. The summed E-state index contributed by atoms with van der Waals surface area (Å²) in [5.74, 6) is 0. The number of hydrogen-bond donors (Lipinski definition) is 1. The average molecular weight is 303 g/mol. The monoisotopic (exact) mass is 302 g/mol. The Morgan fingerprint density at radius 1 is 1.58 bits per heavy atom.